The topological polar surface area (TPSA) is 54.0 Å². The van der Waals surface area contributed by atoms with E-state index in [0.717, 1.165) is 30.3 Å². The smallest absolute Gasteiger partial charge is 0.261 e. The number of halogens is 4. The van der Waals surface area contributed by atoms with Crippen molar-refractivity contribution in [3.8, 4) is 0 Å². The SMILES string of the molecule is CC.O=C(Nc1ccc(Nc2c(F)cccc2F)nc1)c1c(F)cccc1F. The molecular formula is C20H17F4N3O. The summed E-state index contributed by atoms with van der Waals surface area (Å²) in [5, 5.41) is 4.77. The minimum Gasteiger partial charge on any atom is -0.335 e. The van der Waals surface area contributed by atoms with Crippen molar-refractivity contribution < 1.29 is 22.4 Å². The molecule has 0 bridgehead atoms. The van der Waals surface area contributed by atoms with Gasteiger partial charge in [-0.25, -0.2) is 22.5 Å². The number of rotatable bonds is 4. The lowest BCUT2D eigenvalue weighted by Crippen LogP contribution is -2.16. The van der Waals surface area contributed by atoms with E-state index in [0.29, 0.717) is 0 Å². The van der Waals surface area contributed by atoms with Crippen LogP contribution in [0.3, 0.4) is 0 Å². The number of benzene rings is 2. The standard InChI is InChI=1S/C18H11F4N3O.C2H6/c19-11-3-1-4-12(20)16(11)18(26)24-10-7-8-15(23-9-10)25-17-13(21)5-2-6-14(17)22;1-2/h1-9H,(H,23,25)(H,24,26);1-2H3. The zero-order chi connectivity index (χ0) is 20.7. The molecule has 4 nitrogen and oxygen atoms in total. The Morgan fingerprint density at radius 2 is 1.36 bits per heavy atom. The van der Waals surface area contributed by atoms with Gasteiger partial charge in [0.1, 0.15) is 40.3 Å². The van der Waals surface area contributed by atoms with E-state index in [2.05, 4.69) is 15.6 Å². The van der Waals surface area contributed by atoms with Gasteiger partial charge in [0.15, 0.2) is 0 Å². The van der Waals surface area contributed by atoms with Crippen molar-refractivity contribution in [3.05, 3.63) is 83.6 Å². The Kier molecular flexibility index (Phi) is 7.08. The Balaban J connectivity index is 0.00000136. The molecule has 0 spiro atoms. The second-order valence-electron chi connectivity index (χ2n) is 5.20. The summed E-state index contributed by atoms with van der Waals surface area (Å²) in [7, 11) is 0. The number of amides is 1. The van der Waals surface area contributed by atoms with Crippen LogP contribution in [0.1, 0.15) is 24.2 Å². The summed E-state index contributed by atoms with van der Waals surface area (Å²) < 4.78 is 54.4. The lowest BCUT2D eigenvalue weighted by Gasteiger charge is -2.10. The number of nitrogens with zero attached hydrogens (tertiary/aromatic N) is 1. The van der Waals surface area contributed by atoms with Crippen LogP contribution in [0, 0.1) is 23.3 Å². The van der Waals surface area contributed by atoms with E-state index in [1.54, 1.807) is 0 Å². The Hall–Kier alpha value is -3.42. The highest BCUT2D eigenvalue weighted by atomic mass is 19.1. The van der Waals surface area contributed by atoms with E-state index in [4.69, 9.17) is 0 Å². The van der Waals surface area contributed by atoms with Crippen molar-refractivity contribution in [2.45, 2.75) is 13.8 Å². The van der Waals surface area contributed by atoms with Gasteiger partial charge in [-0.2, -0.15) is 0 Å². The predicted octanol–water partition coefficient (Wildman–Crippen LogP) is 5.66. The molecular weight excluding hydrogens is 374 g/mol. The first-order valence-electron chi connectivity index (χ1n) is 8.38. The third kappa shape index (κ3) is 4.85. The van der Waals surface area contributed by atoms with Gasteiger partial charge in [-0.15, -0.1) is 0 Å². The molecule has 28 heavy (non-hydrogen) atoms. The van der Waals surface area contributed by atoms with Crippen molar-refractivity contribution in [3.63, 3.8) is 0 Å². The summed E-state index contributed by atoms with van der Waals surface area (Å²) in [6, 6.07) is 9.18. The van der Waals surface area contributed by atoms with Gasteiger partial charge in [0.25, 0.3) is 5.91 Å². The number of para-hydroxylation sites is 1. The minimum absolute atomic E-state index is 0.115. The van der Waals surface area contributed by atoms with Crippen molar-refractivity contribution in [2.24, 2.45) is 0 Å². The minimum atomic E-state index is -0.997. The first-order valence-corrected chi connectivity index (χ1v) is 8.38. The second-order valence-corrected chi connectivity index (χ2v) is 5.20. The number of nitrogens with one attached hydrogen (secondary N) is 2. The van der Waals surface area contributed by atoms with Crippen molar-refractivity contribution >= 4 is 23.1 Å². The molecule has 1 aromatic heterocycles. The van der Waals surface area contributed by atoms with E-state index < -0.39 is 34.7 Å². The molecule has 3 aromatic rings. The lowest BCUT2D eigenvalue weighted by molar-refractivity contribution is 0.101. The highest BCUT2D eigenvalue weighted by molar-refractivity contribution is 6.04. The molecule has 0 aliphatic rings. The van der Waals surface area contributed by atoms with Crippen LogP contribution in [0.25, 0.3) is 0 Å². The first-order chi connectivity index (χ1) is 13.5. The molecule has 2 aromatic carbocycles. The molecule has 0 aliphatic heterocycles. The number of carbonyl (C=O) groups excluding carboxylic acids is 1. The lowest BCUT2D eigenvalue weighted by atomic mass is 10.2. The Labute approximate surface area is 159 Å². The monoisotopic (exact) mass is 391 g/mol. The van der Waals surface area contributed by atoms with Gasteiger partial charge in [0, 0.05) is 0 Å². The summed E-state index contributed by atoms with van der Waals surface area (Å²) in [5.74, 6) is -4.45. The Bertz CT molecular complexity index is 922. The summed E-state index contributed by atoms with van der Waals surface area (Å²) in [4.78, 5) is 15.9. The molecule has 0 atom stereocenters. The third-order valence-corrected chi connectivity index (χ3v) is 3.43. The van der Waals surface area contributed by atoms with E-state index in [9.17, 15) is 22.4 Å². The Morgan fingerprint density at radius 1 is 0.821 bits per heavy atom. The summed E-state index contributed by atoms with van der Waals surface area (Å²) >= 11 is 0. The first kappa shape index (κ1) is 20.9. The number of pyridine rings is 1. The molecule has 3 rings (SSSR count). The predicted molar refractivity (Wildman–Crippen MR) is 99.5 cm³/mol. The zero-order valence-corrected chi connectivity index (χ0v) is 15.1. The quantitative estimate of drug-likeness (QED) is 0.564. The molecule has 8 heteroatoms. The molecule has 0 saturated carbocycles. The number of hydrogen-bond acceptors (Lipinski definition) is 3. The van der Waals surface area contributed by atoms with E-state index in [1.165, 1.54) is 24.4 Å². The van der Waals surface area contributed by atoms with Crippen LogP contribution in [0.4, 0.5) is 34.8 Å². The van der Waals surface area contributed by atoms with Gasteiger partial charge in [-0.05, 0) is 36.4 Å². The van der Waals surface area contributed by atoms with Crippen molar-refractivity contribution in [2.75, 3.05) is 10.6 Å². The van der Waals surface area contributed by atoms with Gasteiger partial charge in [-0.1, -0.05) is 26.0 Å². The molecule has 0 saturated heterocycles. The largest absolute Gasteiger partial charge is 0.335 e. The zero-order valence-electron chi connectivity index (χ0n) is 15.1. The average Bonchev–Trinajstić information content (AvgIpc) is 2.68. The number of hydrogen-bond donors (Lipinski definition) is 2. The number of carbonyl (C=O) groups is 1. The molecule has 2 N–H and O–H groups in total. The maximum absolute atomic E-state index is 13.6. The van der Waals surface area contributed by atoms with Gasteiger partial charge < -0.3 is 10.6 Å². The third-order valence-electron chi connectivity index (χ3n) is 3.43. The van der Waals surface area contributed by atoms with Crippen LogP contribution in [-0.2, 0) is 0 Å². The number of aromatic nitrogens is 1. The maximum atomic E-state index is 13.6. The van der Waals surface area contributed by atoms with Gasteiger partial charge in [0.05, 0.1) is 11.9 Å². The molecule has 1 amide bonds. The maximum Gasteiger partial charge on any atom is 0.261 e. The van der Waals surface area contributed by atoms with E-state index in [-0.39, 0.29) is 17.2 Å². The number of anilines is 3. The fraction of sp³-hybridized carbons (Fsp3) is 0.100. The average molecular weight is 391 g/mol. The van der Waals surface area contributed by atoms with E-state index >= 15 is 0 Å². The van der Waals surface area contributed by atoms with Gasteiger partial charge >= 0.3 is 0 Å². The molecule has 0 fully saturated rings. The van der Waals surface area contributed by atoms with Crippen LogP contribution in [0.2, 0.25) is 0 Å². The molecule has 146 valence electrons. The second kappa shape index (κ2) is 9.50. The van der Waals surface area contributed by atoms with Crippen LogP contribution in [0.15, 0.2) is 54.7 Å². The molecule has 0 unspecified atom stereocenters. The Morgan fingerprint density at radius 3 is 1.86 bits per heavy atom. The fourth-order valence-corrected chi connectivity index (χ4v) is 2.20. The van der Waals surface area contributed by atoms with Crippen LogP contribution < -0.4 is 10.6 Å². The molecule has 1 heterocycles. The highest BCUT2D eigenvalue weighted by Gasteiger charge is 2.17. The normalized spacial score (nSPS) is 9.93. The fourth-order valence-electron chi connectivity index (χ4n) is 2.20. The van der Waals surface area contributed by atoms with Crippen molar-refractivity contribution in [1.82, 2.24) is 4.98 Å². The van der Waals surface area contributed by atoms with Crippen LogP contribution >= 0.6 is 0 Å². The summed E-state index contributed by atoms with van der Waals surface area (Å²) in [5.41, 5.74) is -0.939. The van der Waals surface area contributed by atoms with Crippen LogP contribution in [-0.4, -0.2) is 10.9 Å². The van der Waals surface area contributed by atoms with Crippen LogP contribution in [0.5, 0.6) is 0 Å². The summed E-state index contributed by atoms with van der Waals surface area (Å²) in [6.45, 7) is 4.00. The summed E-state index contributed by atoms with van der Waals surface area (Å²) in [6.07, 6.45) is 1.18. The highest BCUT2D eigenvalue weighted by Crippen LogP contribution is 2.23. The van der Waals surface area contributed by atoms with E-state index in [1.807, 2.05) is 13.8 Å². The molecule has 0 aliphatic carbocycles. The van der Waals surface area contributed by atoms with Gasteiger partial charge in [-0.3, -0.25) is 4.79 Å². The van der Waals surface area contributed by atoms with Gasteiger partial charge in [0.2, 0.25) is 0 Å². The van der Waals surface area contributed by atoms with Crippen molar-refractivity contribution in [1.29, 1.82) is 0 Å². The molecule has 0 radical (unpaired) electrons.